The summed E-state index contributed by atoms with van der Waals surface area (Å²) in [5.41, 5.74) is 2.12. The smallest absolute Gasteiger partial charge is 0.211 e. The van der Waals surface area contributed by atoms with Crippen LogP contribution in [0.2, 0.25) is 25.7 Å². The van der Waals surface area contributed by atoms with E-state index in [4.69, 9.17) is 4.74 Å². The van der Waals surface area contributed by atoms with Gasteiger partial charge in [-0.2, -0.15) is 0 Å². The van der Waals surface area contributed by atoms with Crippen molar-refractivity contribution in [1.29, 1.82) is 0 Å². The van der Waals surface area contributed by atoms with E-state index < -0.39 is 8.07 Å². The number of carbonyl (C=O) groups is 1. The second kappa shape index (κ2) is 7.33. The van der Waals surface area contributed by atoms with Crippen LogP contribution < -0.4 is 0 Å². The molecule has 0 radical (unpaired) electrons. The van der Waals surface area contributed by atoms with Gasteiger partial charge in [-0.15, -0.1) is 0 Å². The summed E-state index contributed by atoms with van der Waals surface area (Å²) in [5.74, 6) is -0.0603. The zero-order valence-corrected chi connectivity index (χ0v) is 16.0. The molecule has 0 saturated carbocycles. The first kappa shape index (κ1) is 17.6. The Hall–Kier alpha value is -2.24. The van der Waals surface area contributed by atoms with Crippen LogP contribution in [0, 0.1) is 0 Å². The Morgan fingerprint density at radius 1 is 1.16 bits per heavy atom. The SMILES string of the molecule is C[Si](C)(C)CCOCn1ccc2ccc(C(=O)c3ccccn3)cc21. The van der Waals surface area contributed by atoms with Gasteiger partial charge < -0.3 is 9.30 Å². The minimum Gasteiger partial charge on any atom is -0.361 e. The van der Waals surface area contributed by atoms with Gasteiger partial charge in [-0.25, -0.2) is 0 Å². The molecule has 0 N–H and O–H groups in total. The van der Waals surface area contributed by atoms with E-state index in [0.717, 1.165) is 23.6 Å². The van der Waals surface area contributed by atoms with Crippen LogP contribution in [0.25, 0.3) is 10.9 Å². The average molecular weight is 353 g/mol. The van der Waals surface area contributed by atoms with Crippen molar-refractivity contribution in [2.24, 2.45) is 0 Å². The average Bonchev–Trinajstić information content (AvgIpc) is 3.00. The Bertz CT molecular complexity index is 866. The number of ether oxygens (including phenoxy) is 1. The van der Waals surface area contributed by atoms with E-state index in [9.17, 15) is 4.79 Å². The topological polar surface area (TPSA) is 44.1 Å². The van der Waals surface area contributed by atoms with Crippen LogP contribution in [0.4, 0.5) is 0 Å². The van der Waals surface area contributed by atoms with Gasteiger partial charge in [0.05, 0.1) is 5.52 Å². The Labute approximate surface area is 149 Å². The van der Waals surface area contributed by atoms with E-state index in [1.165, 1.54) is 0 Å². The van der Waals surface area contributed by atoms with Gasteiger partial charge in [0.2, 0.25) is 5.78 Å². The molecular formula is C20H24N2O2Si. The fourth-order valence-electron chi connectivity index (χ4n) is 2.62. The molecule has 2 aromatic heterocycles. The molecule has 0 bridgehead atoms. The van der Waals surface area contributed by atoms with E-state index >= 15 is 0 Å². The minimum atomic E-state index is -1.08. The molecule has 0 unspecified atom stereocenters. The van der Waals surface area contributed by atoms with Gasteiger partial charge in [0.1, 0.15) is 12.4 Å². The van der Waals surface area contributed by atoms with Gasteiger partial charge in [0.15, 0.2) is 0 Å². The number of pyridine rings is 1. The highest BCUT2D eigenvalue weighted by molar-refractivity contribution is 6.76. The molecule has 0 aliphatic carbocycles. The summed E-state index contributed by atoms with van der Waals surface area (Å²) >= 11 is 0. The summed E-state index contributed by atoms with van der Waals surface area (Å²) < 4.78 is 7.90. The summed E-state index contributed by atoms with van der Waals surface area (Å²) in [7, 11) is -1.08. The van der Waals surface area contributed by atoms with Crippen molar-refractivity contribution < 1.29 is 9.53 Å². The Morgan fingerprint density at radius 3 is 2.72 bits per heavy atom. The number of carbonyl (C=O) groups excluding carboxylic acids is 1. The first-order valence-corrected chi connectivity index (χ1v) is 12.3. The fraction of sp³-hybridized carbons (Fsp3) is 0.300. The lowest BCUT2D eigenvalue weighted by molar-refractivity contribution is 0.0902. The number of hydrogen-bond acceptors (Lipinski definition) is 3. The van der Waals surface area contributed by atoms with Crippen LogP contribution in [-0.4, -0.2) is 30.0 Å². The van der Waals surface area contributed by atoms with Crippen molar-refractivity contribution in [2.45, 2.75) is 32.4 Å². The molecule has 3 aromatic rings. The summed E-state index contributed by atoms with van der Waals surface area (Å²) in [6, 6.07) is 14.3. The highest BCUT2D eigenvalue weighted by Gasteiger charge is 2.13. The maximum Gasteiger partial charge on any atom is 0.211 e. The van der Waals surface area contributed by atoms with E-state index in [2.05, 4.69) is 29.2 Å². The largest absolute Gasteiger partial charge is 0.361 e. The zero-order valence-electron chi connectivity index (χ0n) is 15.0. The summed E-state index contributed by atoms with van der Waals surface area (Å²) in [6.45, 7) is 8.32. The van der Waals surface area contributed by atoms with Gasteiger partial charge in [-0.3, -0.25) is 9.78 Å². The second-order valence-corrected chi connectivity index (χ2v) is 13.1. The molecule has 5 heteroatoms. The fourth-order valence-corrected chi connectivity index (χ4v) is 3.38. The van der Waals surface area contributed by atoms with Crippen molar-refractivity contribution in [2.75, 3.05) is 6.61 Å². The predicted molar refractivity (Wildman–Crippen MR) is 104 cm³/mol. The lowest BCUT2D eigenvalue weighted by atomic mass is 10.1. The number of benzene rings is 1. The molecule has 2 heterocycles. The first-order chi connectivity index (χ1) is 11.9. The zero-order chi connectivity index (χ0) is 17.9. The lowest BCUT2D eigenvalue weighted by Gasteiger charge is -2.15. The number of rotatable bonds is 7. The molecular weight excluding hydrogens is 328 g/mol. The standard InChI is InChI=1S/C20H24N2O2Si/c1-25(2,3)13-12-24-15-22-11-9-16-7-8-17(14-19(16)22)20(23)18-6-4-5-10-21-18/h4-11,14H,12-13,15H2,1-3H3. The third-order valence-corrected chi connectivity index (χ3v) is 5.86. The summed E-state index contributed by atoms with van der Waals surface area (Å²) in [6.07, 6.45) is 3.65. The number of nitrogens with zero attached hydrogens (tertiary/aromatic N) is 2. The van der Waals surface area contributed by atoms with Gasteiger partial charge in [-0.05, 0) is 35.7 Å². The normalized spacial score (nSPS) is 11.8. The van der Waals surface area contributed by atoms with E-state index in [1.807, 2.05) is 42.6 Å². The van der Waals surface area contributed by atoms with Crippen molar-refractivity contribution in [3.05, 3.63) is 66.1 Å². The van der Waals surface area contributed by atoms with Crippen LogP contribution in [0.3, 0.4) is 0 Å². The monoisotopic (exact) mass is 352 g/mol. The Kier molecular flexibility index (Phi) is 5.15. The van der Waals surface area contributed by atoms with E-state index in [0.29, 0.717) is 18.0 Å². The lowest BCUT2D eigenvalue weighted by Crippen LogP contribution is -2.21. The van der Waals surface area contributed by atoms with Gasteiger partial charge in [0, 0.05) is 32.6 Å². The van der Waals surface area contributed by atoms with E-state index in [-0.39, 0.29) is 5.78 Å². The van der Waals surface area contributed by atoms with Gasteiger partial charge in [-0.1, -0.05) is 37.8 Å². The third-order valence-electron chi connectivity index (χ3n) is 4.16. The molecule has 0 amide bonds. The predicted octanol–water partition coefficient (Wildman–Crippen LogP) is 4.58. The van der Waals surface area contributed by atoms with Crippen molar-refractivity contribution in [3.8, 4) is 0 Å². The molecule has 1 aromatic carbocycles. The molecule has 130 valence electrons. The first-order valence-electron chi connectivity index (χ1n) is 8.56. The molecule has 3 rings (SSSR count). The minimum absolute atomic E-state index is 0.0603. The maximum absolute atomic E-state index is 12.6. The van der Waals surface area contributed by atoms with Gasteiger partial charge in [0.25, 0.3) is 0 Å². The van der Waals surface area contributed by atoms with Crippen LogP contribution in [0.15, 0.2) is 54.9 Å². The highest BCUT2D eigenvalue weighted by atomic mass is 28.3. The summed E-state index contributed by atoms with van der Waals surface area (Å²) in [4.78, 5) is 16.7. The van der Waals surface area contributed by atoms with Crippen LogP contribution in [-0.2, 0) is 11.5 Å². The summed E-state index contributed by atoms with van der Waals surface area (Å²) in [5, 5.41) is 1.10. The third kappa shape index (κ3) is 4.44. The Balaban J connectivity index is 1.77. The van der Waals surface area contributed by atoms with Crippen LogP contribution in [0.5, 0.6) is 0 Å². The number of fused-ring (bicyclic) bond motifs is 1. The number of hydrogen-bond donors (Lipinski definition) is 0. The van der Waals surface area contributed by atoms with Crippen LogP contribution >= 0.6 is 0 Å². The van der Waals surface area contributed by atoms with E-state index in [1.54, 1.807) is 12.3 Å². The quantitative estimate of drug-likeness (QED) is 0.355. The highest BCUT2D eigenvalue weighted by Crippen LogP contribution is 2.20. The van der Waals surface area contributed by atoms with Crippen LogP contribution in [0.1, 0.15) is 16.1 Å². The van der Waals surface area contributed by atoms with Crippen molar-refractivity contribution in [1.82, 2.24) is 9.55 Å². The molecule has 0 saturated heterocycles. The number of ketones is 1. The molecule has 0 spiro atoms. The Morgan fingerprint density at radius 2 is 2.00 bits per heavy atom. The molecule has 0 aliphatic heterocycles. The molecule has 0 atom stereocenters. The van der Waals surface area contributed by atoms with Crippen molar-refractivity contribution >= 4 is 24.8 Å². The number of aromatic nitrogens is 2. The second-order valence-electron chi connectivity index (χ2n) is 7.45. The maximum atomic E-state index is 12.6. The van der Waals surface area contributed by atoms with Gasteiger partial charge >= 0.3 is 0 Å². The molecule has 25 heavy (non-hydrogen) atoms. The molecule has 0 aliphatic rings. The molecule has 4 nitrogen and oxygen atoms in total. The van der Waals surface area contributed by atoms with Crippen molar-refractivity contribution in [3.63, 3.8) is 0 Å². The molecule has 0 fully saturated rings.